The fourth-order valence-corrected chi connectivity index (χ4v) is 2.41. The van der Waals surface area contributed by atoms with Crippen molar-refractivity contribution in [1.82, 2.24) is 5.32 Å². The molecule has 0 radical (unpaired) electrons. The Kier molecular flexibility index (Phi) is 4.26. The Bertz CT molecular complexity index is 352. The van der Waals surface area contributed by atoms with Gasteiger partial charge >= 0.3 is 0 Å². The fraction of sp³-hybridized carbons (Fsp3) is 0.600. The van der Waals surface area contributed by atoms with Crippen LogP contribution in [0.1, 0.15) is 38.7 Å². The Labute approximate surface area is 113 Å². The highest BCUT2D eigenvalue weighted by molar-refractivity contribution is 9.10. The van der Waals surface area contributed by atoms with Gasteiger partial charge in [-0.2, -0.15) is 0 Å². The van der Waals surface area contributed by atoms with Crippen molar-refractivity contribution in [2.24, 2.45) is 5.41 Å². The predicted molar refractivity (Wildman–Crippen MR) is 77.3 cm³/mol. The Hall–Kier alpha value is -0.340. The zero-order valence-electron chi connectivity index (χ0n) is 10.8. The van der Waals surface area contributed by atoms with Crippen LogP contribution in [0.3, 0.4) is 0 Å². The first kappa shape index (κ1) is 13.1. The third kappa shape index (κ3) is 4.81. The van der Waals surface area contributed by atoms with Crippen LogP contribution >= 0.6 is 15.9 Å². The maximum Gasteiger partial charge on any atom is 0.0175 e. The maximum atomic E-state index is 3.60. The van der Waals surface area contributed by atoms with Crippen molar-refractivity contribution in [2.45, 2.75) is 45.6 Å². The minimum absolute atomic E-state index is 0.385. The summed E-state index contributed by atoms with van der Waals surface area (Å²) in [5, 5.41) is 3.60. The van der Waals surface area contributed by atoms with Crippen molar-refractivity contribution in [2.75, 3.05) is 6.54 Å². The average molecular weight is 296 g/mol. The van der Waals surface area contributed by atoms with Gasteiger partial charge in [-0.3, -0.25) is 0 Å². The molecule has 1 aromatic carbocycles. The Morgan fingerprint density at radius 1 is 1.24 bits per heavy atom. The van der Waals surface area contributed by atoms with Gasteiger partial charge in [0.1, 0.15) is 0 Å². The Morgan fingerprint density at radius 3 is 2.47 bits per heavy atom. The molecule has 2 heteroatoms. The van der Waals surface area contributed by atoms with Crippen LogP contribution in [0.25, 0.3) is 0 Å². The van der Waals surface area contributed by atoms with E-state index in [1.54, 1.807) is 0 Å². The summed E-state index contributed by atoms with van der Waals surface area (Å²) < 4.78 is 1.16. The number of hydrogen-bond donors (Lipinski definition) is 1. The van der Waals surface area contributed by atoms with Crippen LogP contribution in [0.15, 0.2) is 28.7 Å². The molecule has 1 aliphatic carbocycles. The molecule has 1 fully saturated rings. The van der Waals surface area contributed by atoms with E-state index in [1.165, 1.54) is 24.8 Å². The minimum atomic E-state index is 0.385. The second-order valence-electron chi connectivity index (χ2n) is 5.95. The third-order valence-electron chi connectivity index (χ3n) is 3.41. The van der Waals surface area contributed by atoms with Crippen LogP contribution in [0.4, 0.5) is 0 Å². The van der Waals surface area contributed by atoms with Gasteiger partial charge in [0, 0.05) is 10.5 Å². The van der Waals surface area contributed by atoms with Crippen LogP contribution in [0, 0.1) is 5.41 Å². The maximum absolute atomic E-state index is 3.60. The number of halogens is 1. The summed E-state index contributed by atoms with van der Waals surface area (Å²) in [6.45, 7) is 5.89. The standard InChI is InChI=1S/C15H22BrN/c1-15(2,9-10-17-14-7-8-14)11-12-3-5-13(16)6-4-12/h3-6,14,17H,7-11H2,1-2H3. The molecule has 1 saturated carbocycles. The highest BCUT2D eigenvalue weighted by Gasteiger charge is 2.23. The summed E-state index contributed by atoms with van der Waals surface area (Å²) in [5.74, 6) is 0. The molecule has 0 aromatic heterocycles. The molecule has 0 unspecified atom stereocenters. The van der Waals surface area contributed by atoms with E-state index in [-0.39, 0.29) is 0 Å². The van der Waals surface area contributed by atoms with Gasteiger partial charge < -0.3 is 5.32 Å². The molecule has 0 amide bonds. The Morgan fingerprint density at radius 2 is 1.88 bits per heavy atom. The lowest BCUT2D eigenvalue weighted by atomic mass is 9.83. The van der Waals surface area contributed by atoms with Crippen LogP contribution in [-0.4, -0.2) is 12.6 Å². The third-order valence-corrected chi connectivity index (χ3v) is 3.94. The first-order chi connectivity index (χ1) is 8.05. The zero-order chi connectivity index (χ0) is 12.3. The molecular formula is C15H22BrN. The molecule has 1 aromatic rings. The van der Waals surface area contributed by atoms with Gasteiger partial charge in [-0.25, -0.2) is 0 Å². The van der Waals surface area contributed by atoms with Crippen molar-refractivity contribution in [3.05, 3.63) is 34.3 Å². The topological polar surface area (TPSA) is 12.0 Å². The van der Waals surface area contributed by atoms with Gasteiger partial charge in [-0.05, 0) is 55.3 Å². The number of benzene rings is 1. The van der Waals surface area contributed by atoms with E-state index >= 15 is 0 Å². The molecule has 0 aliphatic heterocycles. The van der Waals surface area contributed by atoms with E-state index in [4.69, 9.17) is 0 Å². The van der Waals surface area contributed by atoms with Crippen molar-refractivity contribution < 1.29 is 0 Å². The number of nitrogens with one attached hydrogen (secondary N) is 1. The molecule has 94 valence electrons. The lowest BCUT2D eigenvalue weighted by molar-refractivity contribution is 0.325. The number of rotatable bonds is 6. The minimum Gasteiger partial charge on any atom is -0.314 e. The van der Waals surface area contributed by atoms with Crippen molar-refractivity contribution in [3.8, 4) is 0 Å². The SMILES string of the molecule is CC(C)(CCNC1CC1)Cc1ccc(Br)cc1. The first-order valence-electron chi connectivity index (χ1n) is 6.53. The quantitative estimate of drug-likeness (QED) is 0.831. The normalized spacial score (nSPS) is 16.2. The van der Waals surface area contributed by atoms with Crippen LogP contribution < -0.4 is 5.32 Å². The summed E-state index contributed by atoms with van der Waals surface area (Å²) in [6, 6.07) is 9.54. The van der Waals surface area contributed by atoms with Crippen molar-refractivity contribution in [3.63, 3.8) is 0 Å². The summed E-state index contributed by atoms with van der Waals surface area (Å²) >= 11 is 3.48. The van der Waals surface area contributed by atoms with Gasteiger partial charge in [0.15, 0.2) is 0 Å². The van der Waals surface area contributed by atoms with Crippen LogP contribution in [-0.2, 0) is 6.42 Å². The van der Waals surface area contributed by atoms with Gasteiger partial charge in [0.25, 0.3) is 0 Å². The molecule has 0 atom stereocenters. The van der Waals surface area contributed by atoms with E-state index in [0.717, 1.165) is 23.5 Å². The van der Waals surface area contributed by atoms with Gasteiger partial charge in [-0.15, -0.1) is 0 Å². The van der Waals surface area contributed by atoms with E-state index in [2.05, 4.69) is 59.4 Å². The first-order valence-corrected chi connectivity index (χ1v) is 7.32. The van der Waals surface area contributed by atoms with Crippen LogP contribution in [0.5, 0.6) is 0 Å². The fourth-order valence-electron chi connectivity index (χ4n) is 2.15. The monoisotopic (exact) mass is 295 g/mol. The molecule has 0 spiro atoms. The predicted octanol–water partition coefficient (Wildman–Crippen LogP) is 4.16. The molecule has 1 aliphatic rings. The van der Waals surface area contributed by atoms with E-state index in [0.29, 0.717) is 5.41 Å². The van der Waals surface area contributed by atoms with E-state index in [9.17, 15) is 0 Å². The lowest BCUT2D eigenvalue weighted by Crippen LogP contribution is -2.25. The highest BCUT2D eigenvalue weighted by atomic mass is 79.9. The summed E-state index contributed by atoms with van der Waals surface area (Å²) in [5.41, 5.74) is 1.82. The van der Waals surface area contributed by atoms with E-state index in [1.807, 2.05) is 0 Å². The summed E-state index contributed by atoms with van der Waals surface area (Å²) in [7, 11) is 0. The molecule has 0 bridgehead atoms. The van der Waals surface area contributed by atoms with Gasteiger partial charge in [0.05, 0.1) is 0 Å². The second kappa shape index (κ2) is 5.53. The molecule has 2 rings (SSSR count). The zero-order valence-corrected chi connectivity index (χ0v) is 12.4. The molecule has 1 N–H and O–H groups in total. The highest BCUT2D eigenvalue weighted by Crippen LogP contribution is 2.27. The van der Waals surface area contributed by atoms with Crippen molar-refractivity contribution in [1.29, 1.82) is 0 Å². The van der Waals surface area contributed by atoms with Crippen molar-refractivity contribution >= 4 is 15.9 Å². The molecule has 0 heterocycles. The van der Waals surface area contributed by atoms with E-state index < -0.39 is 0 Å². The van der Waals surface area contributed by atoms with Gasteiger partial charge in [-0.1, -0.05) is 41.9 Å². The number of hydrogen-bond acceptors (Lipinski definition) is 1. The summed E-state index contributed by atoms with van der Waals surface area (Å²) in [4.78, 5) is 0. The molecule has 0 saturated heterocycles. The Balaban J connectivity index is 1.79. The summed E-state index contributed by atoms with van der Waals surface area (Å²) in [6.07, 6.45) is 5.17. The molecule has 17 heavy (non-hydrogen) atoms. The molecule has 1 nitrogen and oxygen atoms in total. The average Bonchev–Trinajstić information content (AvgIpc) is 3.05. The second-order valence-corrected chi connectivity index (χ2v) is 6.86. The smallest absolute Gasteiger partial charge is 0.0175 e. The molecular weight excluding hydrogens is 274 g/mol. The largest absolute Gasteiger partial charge is 0.314 e. The van der Waals surface area contributed by atoms with Gasteiger partial charge in [0.2, 0.25) is 0 Å². The lowest BCUT2D eigenvalue weighted by Gasteiger charge is -2.25. The van der Waals surface area contributed by atoms with Crippen LogP contribution in [0.2, 0.25) is 0 Å².